The molecule has 0 radical (unpaired) electrons. The number of nitrogens with one attached hydrogen (secondary N) is 1. The molecule has 7 heteroatoms. The molecule has 1 aromatic rings. The van der Waals surface area contributed by atoms with Crippen LogP contribution in [0.15, 0.2) is 24.5 Å². The first-order valence-corrected chi connectivity index (χ1v) is 11.5. The van der Waals surface area contributed by atoms with Crippen LogP contribution in [-0.4, -0.2) is 71.0 Å². The topological polar surface area (TPSA) is 74.8 Å². The number of carbonyl (C=O) groups is 2. The van der Waals surface area contributed by atoms with E-state index < -0.39 is 11.7 Å². The number of hydrogen-bond acceptors (Lipinski definition) is 5. The van der Waals surface area contributed by atoms with Crippen molar-refractivity contribution in [1.29, 1.82) is 0 Å². The fraction of sp³-hybridized carbons (Fsp3) is 0.696. The van der Waals surface area contributed by atoms with E-state index in [1.54, 1.807) is 12.4 Å². The maximum atomic E-state index is 13.0. The van der Waals surface area contributed by atoms with Crippen LogP contribution in [0, 0.1) is 11.8 Å². The Labute approximate surface area is 178 Å². The van der Waals surface area contributed by atoms with Crippen molar-refractivity contribution in [2.24, 2.45) is 11.8 Å². The van der Waals surface area contributed by atoms with Crippen LogP contribution >= 0.6 is 0 Å². The lowest BCUT2D eigenvalue weighted by molar-refractivity contribution is -0.170. The van der Waals surface area contributed by atoms with Crippen LogP contribution < -0.4 is 5.32 Å². The van der Waals surface area contributed by atoms with Crippen LogP contribution in [0.4, 0.5) is 0 Å². The Hall–Kier alpha value is -1.99. The number of amides is 2. The molecule has 4 aliphatic rings. The van der Waals surface area contributed by atoms with E-state index in [9.17, 15) is 9.59 Å². The smallest absolute Gasteiger partial charge is 0.250 e. The summed E-state index contributed by atoms with van der Waals surface area (Å²) >= 11 is 0. The molecule has 3 heterocycles. The van der Waals surface area contributed by atoms with Gasteiger partial charge in [-0.1, -0.05) is 12.5 Å². The monoisotopic (exact) mass is 412 g/mol. The molecule has 2 saturated heterocycles. The SMILES string of the molecule is O=C(NCc1cccnc1)[C@@H]1CN(CC2CC2)C[C@@]2(CCN(C(=O)C3CCC3)C2)O1. The van der Waals surface area contributed by atoms with Gasteiger partial charge < -0.3 is 15.0 Å². The van der Waals surface area contributed by atoms with E-state index in [1.165, 1.54) is 19.3 Å². The van der Waals surface area contributed by atoms with E-state index in [4.69, 9.17) is 4.74 Å². The molecule has 4 fully saturated rings. The maximum absolute atomic E-state index is 13.0. The third-order valence-corrected chi connectivity index (χ3v) is 7.11. The molecule has 0 unspecified atom stereocenters. The first-order valence-electron chi connectivity index (χ1n) is 11.5. The van der Waals surface area contributed by atoms with Crippen molar-refractivity contribution in [2.45, 2.75) is 56.8 Å². The van der Waals surface area contributed by atoms with E-state index in [0.717, 1.165) is 50.4 Å². The van der Waals surface area contributed by atoms with Gasteiger partial charge in [0.2, 0.25) is 5.91 Å². The van der Waals surface area contributed by atoms with Crippen molar-refractivity contribution in [1.82, 2.24) is 20.1 Å². The number of pyridine rings is 1. The summed E-state index contributed by atoms with van der Waals surface area (Å²) in [7, 11) is 0. The highest BCUT2D eigenvalue weighted by molar-refractivity contribution is 5.81. The number of ether oxygens (including phenoxy) is 1. The predicted molar refractivity (Wildman–Crippen MR) is 111 cm³/mol. The van der Waals surface area contributed by atoms with Crippen LogP contribution in [0.2, 0.25) is 0 Å². The van der Waals surface area contributed by atoms with E-state index in [-0.39, 0.29) is 11.8 Å². The average molecular weight is 413 g/mol. The Balaban J connectivity index is 1.24. The second-order valence-electron chi connectivity index (χ2n) is 9.64. The molecule has 1 N–H and O–H groups in total. The number of rotatable bonds is 6. The second-order valence-corrected chi connectivity index (χ2v) is 9.64. The van der Waals surface area contributed by atoms with Crippen molar-refractivity contribution in [3.63, 3.8) is 0 Å². The van der Waals surface area contributed by atoms with E-state index in [1.807, 2.05) is 17.0 Å². The van der Waals surface area contributed by atoms with E-state index in [2.05, 4.69) is 15.2 Å². The van der Waals surface area contributed by atoms with Crippen molar-refractivity contribution >= 4 is 11.8 Å². The highest BCUT2D eigenvalue weighted by Crippen LogP contribution is 2.37. The first kappa shape index (κ1) is 19.9. The summed E-state index contributed by atoms with van der Waals surface area (Å²) in [6, 6.07) is 3.83. The Morgan fingerprint density at radius 2 is 2.10 bits per heavy atom. The minimum Gasteiger partial charge on any atom is -0.357 e. The summed E-state index contributed by atoms with van der Waals surface area (Å²) in [5, 5.41) is 3.02. The van der Waals surface area contributed by atoms with Gasteiger partial charge in [0.25, 0.3) is 5.91 Å². The highest BCUT2D eigenvalue weighted by Gasteiger charge is 2.49. The van der Waals surface area contributed by atoms with Crippen molar-refractivity contribution in [3.05, 3.63) is 30.1 Å². The van der Waals surface area contributed by atoms with Crippen LogP contribution in [0.5, 0.6) is 0 Å². The number of morpholine rings is 1. The van der Waals surface area contributed by atoms with Gasteiger partial charge in [0.15, 0.2) is 0 Å². The fourth-order valence-electron chi connectivity index (χ4n) is 5.00. The average Bonchev–Trinajstić information content (AvgIpc) is 3.44. The third-order valence-electron chi connectivity index (χ3n) is 7.11. The molecule has 2 saturated carbocycles. The summed E-state index contributed by atoms with van der Waals surface area (Å²) < 4.78 is 6.47. The van der Waals surface area contributed by atoms with Gasteiger partial charge in [-0.05, 0) is 49.7 Å². The minimum atomic E-state index is -0.493. The Bertz CT molecular complexity index is 780. The summed E-state index contributed by atoms with van der Waals surface area (Å²) in [6.07, 6.45) is 9.61. The van der Waals surface area contributed by atoms with Gasteiger partial charge in [-0.15, -0.1) is 0 Å². The lowest BCUT2D eigenvalue weighted by atomic mass is 9.84. The molecule has 2 atom stereocenters. The molecule has 1 aromatic heterocycles. The Kier molecular flexibility index (Phi) is 5.50. The zero-order valence-corrected chi connectivity index (χ0v) is 17.6. The van der Waals surface area contributed by atoms with Crippen LogP contribution in [0.25, 0.3) is 0 Å². The van der Waals surface area contributed by atoms with Crippen molar-refractivity contribution in [2.75, 3.05) is 32.7 Å². The maximum Gasteiger partial charge on any atom is 0.250 e. The second kappa shape index (κ2) is 8.27. The quantitative estimate of drug-likeness (QED) is 0.768. The number of aromatic nitrogens is 1. The molecule has 2 aliphatic heterocycles. The van der Waals surface area contributed by atoms with Gasteiger partial charge in [-0.2, -0.15) is 0 Å². The van der Waals surface area contributed by atoms with E-state index >= 15 is 0 Å². The van der Waals surface area contributed by atoms with Crippen molar-refractivity contribution < 1.29 is 14.3 Å². The number of likely N-dealkylation sites (tertiary alicyclic amines) is 1. The van der Waals surface area contributed by atoms with Crippen molar-refractivity contribution in [3.8, 4) is 0 Å². The Morgan fingerprint density at radius 3 is 2.80 bits per heavy atom. The molecule has 2 amide bonds. The number of nitrogens with zero attached hydrogens (tertiary/aromatic N) is 3. The predicted octanol–water partition coefficient (Wildman–Crippen LogP) is 1.58. The molecule has 1 spiro atoms. The summed E-state index contributed by atoms with van der Waals surface area (Å²) in [6.45, 7) is 4.31. The molecule has 162 valence electrons. The van der Waals surface area contributed by atoms with Gasteiger partial charge in [0, 0.05) is 51.0 Å². The molecule has 7 nitrogen and oxygen atoms in total. The zero-order chi connectivity index (χ0) is 20.6. The van der Waals surface area contributed by atoms with Gasteiger partial charge in [-0.25, -0.2) is 0 Å². The molecule has 2 aliphatic carbocycles. The summed E-state index contributed by atoms with van der Waals surface area (Å²) in [4.78, 5) is 34.3. The molecular weight excluding hydrogens is 380 g/mol. The molecular formula is C23H32N4O3. The highest BCUT2D eigenvalue weighted by atomic mass is 16.5. The standard InChI is InChI=1S/C23H32N4O3/c28-21(25-12-18-3-2-9-24-11-18)20-14-26(13-17-6-7-17)15-23(30-20)8-10-27(16-23)22(29)19-4-1-5-19/h2-3,9,11,17,19-20H,1,4-8,10,12-16H2,(H,25,28)/t20-,23+/m0/s1. The van der Waals surface area contributed by atoms with Gasteiger partial charge >= 0.3 is 0 Å². The largest absolute Gasteiger partial charge is 0.357 e. The normalized spacial score (nSPS) is 29.7. The lowest BCUT2D eigenvalue weighted by Crippen LogP contribution is -2.60. The lowest BCUT2D eigenvalue weighted by Gasteiger charge is -2.44. The van der Waals surface area contributed by atoms with Gasteiger partial charge in [0.05, 0.1) is 6.54 Å². The zero-order valence-electron chi connectivity index (χ0n) is 17.6. The molecule has 0 aromatic carbocycles. The first-order chi connectivity index (χ1) is 14.6. The van der Waals surface area contributed by atoms with Gasteiger partial charge in [-0.3, -0.25) is 19.5 Å². The molecule has 5 rings (SSSR count). The Morgan fingerprint density at radius 1 is 1.23 bits per heavy atom. The fourth-order valence-corrected chi connectivity index (χ4v) is 5.00. The summed E-state index contributed by atoms with van der Waals surface area (Å²) in [5.41, 5.74) is 0.562. The van der Waals surface area contributed by atoms with E-state index in [0.29, 0.717) is 25.5 Å². The third kappa shape index (κ3) is 4.37. The number of hydrogen-bond donors (Lipinski definition) is 1. The number of carbonyl (C=O) groups excluding carboxylic acids is 2. The van der Waals surface area contributed by atoms with Gasteiger partial charge in [0.1, 0.15) is 11.7 Å². The van der Waals surface area contributed by atoms with Crippen LogP contribution in [-0.2, 0) is 20.9 Å². The molecule has 30 heavy (non-hydrogen) atoms. The van der Waals surface area contributed by atoms with Crippen LogP contribution in [0.3, 0.4) is 0 Å². The molecule has 0 bridgehead atoms. The van der Waals surface area contributed by atoms with Crippen LogP contribution in [0.1, 0.15) is 44.1 Å². The summed E-state index contributed by atoms with van der Waals surface area (Å²) in [5.74, 6) is 1.19. The minimum absolute atomic E-state index is 0.0671.